The van der Waals surface area contributed by atoms with E-state index in [1.807, 2.05) is 6.92 Å². The largest absolute Gasteiger partial charge is 0.340 e. The zero-order valence-corrected chi connectivity index (χ0v) is 10.7. The zero-order chi connectivity index (χ0) is 12.8. The van der Waals surface area contributed by atoms with Crippen molar-refractivity contribution in [1.82, 2.24) is 10.2 Å². The first-order valence-electron chi connectivity index (χ1n) is 5.43. The van der Waals surface area contributed by atoms with E-state index in [0.29, 0.717) is 10.6 Å². The molecule has 3 nitrogen and oxygen atoms in total. The molecule has 0 saturated carbocycles. The molecule has 1 rings (SSSR count). The van der Waals surface area contributed by atoms with Gasteiger partial charge in [-0.15, -0.1) is 0 Å². The van der Waals surface area contributed by atoms with Gasteiger partial charge in [0.1, 0.15) is 5.82 Å². The van der Waals surface area contributed by atoms with Crippen molar-refractivity contribution >= 4 is 17.5 Å². The highest BCUT2D eigenvalue weighted by Crippen LogP contribution is 2.20. The summed E-state index contributed by atoms with van der Waals surface area (Å²) < 4.78 is 13.5. The molecule has 0 unspecified atom stereocenters. The molecule has 0 fully saturated rings. The number of nitrogens with zero attached hydrogens (tertiary/aromatic N) is 1. The van der Waals surface area contributed by atoms with Gasteiger partial charge in [0.2, 0.25) is 5.91 Å². The van der Waals surface area contributed by atoms with Crippen LogP contribution in [0, 0.1) is 5.82 Å². The minimum Gasteiger partial charge on any atom is -0.340 e. The minimum absolute atomic E-state index is 0.0915. The molecule has 1 amide bonds. The van der Waals surface area contributed by atoms with Gasteiger partial charge in [-0.3, -0.25) is 4.79 Å². The summed E-state index contributed by atoms with van der Waals surface area (Å²) in [7, 11) is 1.63. The molecule has 0 aliphatic carbocycles. The third-order valence-corrected chi connectivity index (χ3v) is 2.76. The molecule has 1 N–H and O–H groups in total. The Balaban J connectivity index is 2.67. The Hall–Kier alpha value is -1.13. The lowest BCUT2D eigenvalue weighted by molar-refractivity contribution is -0.129. The van der Waals surface area contributed by atoms with Gasteiger partial charge in [-0.25, -0.2) is 4.39 Å². The first-order chi connectivity index (χ1) is 8.06. The smallest absolute Gasteiger partial charge is 0.236 e. The summed E-state index contributed by atoms with van der Waals surface area (Å²) in [5, 5.41) is 3.27. The van der Waals surface area contributed by atoms with Crippen LogP contribution in [-0.2, 0) is 11.3 Å². The second-order valence-corrected chi connectivity index (χ2v) is 4.14. The van der Waals surface area contributed by atoms with E-state index in [1.165, 1.54) is 11.0 Å². The maximum absolute atomic E-state index is 13.5. The summed E-state index contributed by atoms with van der Waals surface area (Å²) in [4.78, 5) is 13.1. The van der Waals surface area contributed by atoms with Crippen LogP contribution in [0.5, 0.6) is 0 Å². The van der Waals surface area contributed by atoms with E-state index in [1.54, 1.807) is 19.2 Å². The molecule has 1 aromatic rings. The van der Waals surface area contributed by atoms with Gasteiger partial charge in [0, 0.05) is 24.2 Å². The summed E-state index contributed by atoms with van der Waals surface area (Å²) in [6.07, 6.45) is 0. The van der Waals surface area contributed by atoms with E-state index in [9.17, 15) is 9.18 Å². The Labute approximate surface area is 106 Å². The maximum Gasteiger partial charge on any atom is 0.236 e. The fraction of sp³-hybridized carbons (Fsp3) is 0.417. The summed E-state index contributed by atoms with van der Waals surface area (Å²) in [6, 6.07) is 4.49. The molecule has 5 heteroatoms. The first kappa shape index (κ1) is 13.9. The lowest BCUT2D eigenvalue weighted by atomic mass is 10.2. The molecule has 0 aliphatic heterocycles. The van der Waals surface area contributed by atoms with Crippen LogP contribution in [0.25, 0.3) is 0 Å². The molecule has 94 valence electrons. The standard InChI is InChI=1S/C12H16ClFN2O/c1-3-15-7-12(17)16(2)8-9-10(13)5-4-6-11(9)14/h4-6,15H,3,7-8H2,1-2H3. The van der Waals surface area contributed by atoms with Crippen molar-refractivity contribution < 1.29 is 9.18 Å². The zero-order valence-electron chi connectivity index (χ0n) is 9.96. The average molecular weight is 259 g/mol. The maximum atomic E-state index is 13.5. The van der Waals surface area contributed by atoms with Gasteiger partial charge in [-0.1, -0.05) is 24.6 Å². The van der Waals surface area contributed by atoms with Gasteiger partial charge in [-0.2, -0.15) is 0 Å². The third kappa shape index (κ3) is 3.98. The summed E-state index contributed by atoms with van der Waals surface area (Å²) >= 11 is 5.89. The number of hydrogen-bond acceptors (Lipinski definition) is 2. The van der Waals surface area contributed by atoms with Crippen LogP contribution in [0.3, 0.4) is 0 Å². The Bertz CT molecular complexity index is 378. The highest BCUT2D eigenvalue weighted by atomic mass is 35.5. The number of hydrogen-bond donors (Lipinski definition) is 1. The molecule has 0 aliphatic rings. The Kier molecular flexibility index (Phi) is 5.38. The number of carbonyl (C=O) groups is 1. The monoisotopic (exact) mass is 258 g/mol. The molecule has 0 heterocycles. The molecular formula is C12H16ClFN2O. The molecule has 0 spiro atoms. The van der Waals surface area contributed by atoms with Crippen molar-refractivity contribution in [1.29, 1.82) is 0 Å². The van der Waals surface area contributed by atoms with Crippen molar-refractivity contribution in [3.8, 4) is 0 Å². The number of likely N-dealkylation sites (N-methyl/N-ethyl adjacent to an activating group) is 2. The van der Waals surface area contributed by atoms with Crippen molar-refractivity contribution in [2.45, 2.75) is 13.5 Å². The van der Waals surface area contributed by atoms with E-state index < -0.39 is 0 Å². The number of halogens is 2. The number of amides is 1. The van der Waals surface area contributed by atoms with E-state index in [-0.39, 0.29) is 24.8 Å². The van der Waals surface area contributed by atoms with E-state index in [4.69, 9.17) is 11.6 Å². The van der Waals surface area contributed by atoms with Crippen molar-refractivity contribution in [3.05, 3.63) is 34.6 Å². The lowest BCUT2D eigenvalue weighted by Gasteiger charge is -2.18. The molecule has 1 aromatic carbocycles. The van der Waals surface area contributed by atoms with Crippen molar-refractivity contribution in [2.24, 2.45) is 0 Å². The van der Waals surface area contributed by atoms with Crippen LogP contribution in [0.4, 0.5) is 4.39 Å². The number of nitrogens with one attached hydrogen (secondary N) is 1. The molecule has 0 radical (unpaired) electrons. The topological polar surface area (TPSA) is 32.3 Å². The predicted octanol–water partition coefficient (Wildman–Crippen LogP) is 2.05. The van der Waals surface area contributed by atoms with E-state index in [0.717, 1.165) is 6.54 Å². The molecular weight excluding hydrogens is 243 g/mol. The van der Waals surface area contributed by atoms with Gasteiger partial charge in [0.15, 0.2) is 0 Å². The van der Waals surface area contributed by atoms with E-state index >= 15 is 0 Å². The van der Waals surface area contributed by atoms with Gasteiger partial charge in [0.25, 0.3) is 0 Å². The Morgan fingerprint density at radius 3 is 2.82 bits per heavy atom. The molecule has 17 heavy (non-hydrogen) atoms. The van der Waals surface area contributed by atoms with Gasteiger partial charge in [0.05, 0.1) is 6.54 Å². The van der Waals surface area contributed by atoms with Gasteiger partial charge < -0.3 is 10.2 Å². The summed E-state index contributed by atoms with van der Waals surface area (Å²) in [5.74, 6) is -0.480. The normalized spacial score (nSPS) is 10.4. The molecule has 0 bridgehead atoms. The third-order valence-electron chi connectivity index (χ3n) is 2.41. The van der Waals surface area contributed by atoms with Crippen LogP contribution in [0.2, 0.25) is 5.02 Å². The first-order valence-corrected chi connectivity index (χ1v) is 5.81. The Morgan fingerprint density at radius 2 is 2.24 bits per heavy atom. The van der Waals surface area contributed by atoms with Crippen LogP contribution in [-0.4, -0.2) is 30.9 Å². The highest BCUT2D eigenvalue weighted by molar-refractivity contribution is 6.31. The number of rotatable bonds is 5. The molecule has 0 aromatic heterocycles. The van der Waals surface area contributed by atoms with Crippen LogP contribution in [0.1, 0.15) is 12.5 Å². The summed E-state index contributed by atoms with van der Waals surface area (Å²) in [6.45, 7) is 3.07. The quantitative estimate of drug-likeness (QED) is 0.877. The van der Waals surface area contributed by atoms with Gasteiger partial charge >= 0.3 is 0 Å². The van der Waals surface area contributed by atoms with Crippen LogP contribution in [0.15, 0.2) is 18.2 Å². The predicted molar refractivity (Wildman–Crippen MR) is 66.4 cm³/mol. The Morgan fingerprint density at radius 1 is 1.53 bits per heavy atom. The van der Waals surface area contributed by atoms with E-state index in [2.05, 4.69) is 5.32 Å². The SMILES string of the molecule is CCNCC(=O)N(C)Cc1c(F)cccc1Cl. The minimum atomic E-state index is -0.388. The molecule has 0 atom stereocenters. The molecule has 0 saturated heterocycles. The van der Waals surface area contributed by atoms with Crippen LogP contribution >= 0.6 is 11.6 Å². The van der Waals surface area contributed by atoms with Crippen molar-refractivity contribution in [2.75, 3.05) is 20.1 Å². The average Bonchev–Trinajstić information content (AvgIpc) is 2.30. The number of benzene rings is 1. The van der Waals surface area contributed by atoms with Crippen LogP contribution < -0.4 is 5.32 Å². The number of carbonyl (C=O) groups excluding carboxylic acids is 1. The highest BCUT2D eigenvalue weighted by Gasteiger charge is 2.13. The summed E-state index contributed by atoms with van der Waals surface area (Å²) in [5.41, 5.74) is 0.349. The fourth-order valence-corrected chi connectivity index (χ4v) is 1.60. The fourth-order valence-electron chi connectivity index (χ4n) is 1.38. The van der Waals surface area contributed by atoms with Gasteiger partial charge in [-0.05, 0) is 18.7 Å². The second-order valence-electron chi connectivity index (χ2n) is 3.73. The lowest BCUT2D eigenvalue weighted by Crippen LogP contribution is -2.35. The second kappa shape index (κ2) is 6.57. The van der Waals surface area contributed by atoms with Crippen molar-refractivity contribution in [3.63, 3.8) is 0 Å².